The third-order valence-electron chi connectivity index (χ3n) is 5.16. The van der Waals surface area contributed by atoms with Crippen LogP contribution in [0.15, 0.2) is 24.3 Å². The Kier molecular flexibility index (Phi) is 4.50. The molecule has 0 bridgehead atoms. The van der Waals surface area contributed by atoms with Gasteiger partial charge in [0, 0.05) is 24.2 Å². The van der Waals surface area contributed by atoms with Crippen molar-refractivity contribution in [2.75, 3.05) is 0 Å². The van der Waals surface area contributed by atoms with Gasteiger partial charge in [0.05, 0.1) is 0 Å². The number of benzene rings is 1. The average molecular weight is 287 g/mol. The van der Waals surface area contributed by atoms with Crippen LogP contribution in [-0.2, 0) is 15.0 Å². The van der Waals surface area contributed by atoms with Crippen LogP contribution in [0.5, 0.6) is 0 Å². The van der Waals surface area contributed by atoms with Gasteiger partial charge in [-0.05, 0) is 37.2 Å². The molecule has 0 N–H and O–H groups in total. The largest absolute Gasteiger partial charge is 0.550 e. The molecule has 3 nitrogen and oxygen atoms in total. The normalized spacial score (nSPS) is 27.4. The molecule has 114 valence electrons. The zero-order chi connectivity index (χ0) is 15.6. The summed E-state index contributed by atoms with van der Waals surface area (Å²) in [5, 5.41) is 11.2. The van der Waals surface area contributed by atoms with Gasteiger partial charge in [0.1, 0.15) is 5.78 Å². The topological polar surface area (TPSA) is 57.2 Å². The van der Waals surface area contributed by atoms with Crippen molar-refractivity contribution in [2.24, 2.45) is 11.8 Å². The van der Waals surface area contributed by atoms with E-state index in [4.69, 9.17) is 0 Å². The summed E-state index contributed by atoms with van der Waals surface area (Å²) in [5.41, 5.74) is 2.34. The smallest absolute Gasteiger partial charge is 0.136 e. The van der Waals surface area contributed by atoms with Crippen LogP contribution in [0.4, 0.5) is 0 Å². The maximum Gasteiger partial charge on any atom is 0.136 e. The Morgan fingerprint density at radius 3 is 2.76 bits per heavy atom. The number of Topliss-reactive ketones (excluding diaryl/α,β-unsaturated/α-hetero) is 1. The lowest BCUT2D eigenvalue weighted by atomic mass is 9.61. The molecule has 0 radical (unpaired) electrons. The van der Waals surface area contributed by atoms with Crippen LogP contribution in [0.25, 0.3) is 0 Å². The molecule has 3 unspecified atom stereocenters. The van der Waals surface area contributed by atoms with Crippen molar-refractivity contribution in [1.82, 2.24) is 0 Å². The van der Waals surface area contributed by atoms with Crippen LogP contribution in [0, 0.1) is 18.8 Å². The first-order valence-electron chi connectivity index (χ1n) is 7.70. The fourth-order valence-electron chi connectivity index (χ4n) is 3.57. The van der Waals surface area contributed by atoms with E-state index in [1.807, 2.05) is 6.07 Å². The van der Waals surface area contributed by atoms with Gasteiger partial charge in [0.25, 0.3) is 0 Å². The molecule has 1 fully saturated rings. The van der Waals surface area contributed by atoms with E-state index in [1.165, 1.54) is 11.1 Å². The molecule has 0 heterocycles. The highest BCUT2D eigenvalue weighted by atomic mass is 16.4. The summed E-state index contributed by atoms with van der Waals surface area (Å²) >= 11 is 0. The second kappa shape index (κ2) is 6.00. The zero-order valence-electron chi connectivity index (χ0n) is 13.0. The highest BCUT2D eigenvalue weighted by Crippen LogP contribution is 2.45. The highest BCUT2D eigenvalue weighted by molar-refractivity contribution is 5.86. The van der Waals surface area contributed by atoms with E-state index < -0.39 is 17.8 Å². The number of carbonyl (C=O) groups is 2. The molecule has 21 heavy (non-hydrogen) atoms. The second-order valence-electron chi connectivity index (χ2n) is 6.39. The van der Waals surface area contributed by atoms with Crippen molar-refractivity contribution in [3.63, 3.8) is 0 Å². The Labute approximate surface area is 126 Å². The van der Waals surface area contributed by atoms with E-state index in [9.17, 15) is 14.7 Å². The Bertz CT molecular complexity index is 549. The predicted octanol–water partition coefficient (Wildman–Crippen LogP) is 2.40. The monoisotopic (exact) mass is 287 g/mol. The van der Waals surface area contributed by atoms with Gasteiger partial charge >= 0.3 is 0 Å². The fraction of sp³-hybridized carbons (Fsp3) is 0.556. The zero-order valence-corrected chi connectivity index (χ0v) is 13.0. The molecule has 2 rings (SSSR count). The third-order valence-corrected chi connectivity index (χ3v) is 5.16. The van der Waals surface area contributed by atoms with Gasteiger partial charge in [-0.2, -0.15) is 0 Å². The molecule has 1 saturated carbocycles. The number of ketones is 1. The van der Waals surface area contributed by atoms with Crippen molar-refractivity contribution < 1.29 is 14.7 Å². The van der Waals surface area contributed by atoms with Crippen LogP contribution in [0.1, 0.15) is 50.7 Å². The van der Waals surface area contributed by atoms with E-state index in [-0.39, 0.29) is 11.2 Å². The summed E-state index contributed by atoms with van der Waals surface area (Å²) < 4.78 is 0. The Hall–Kier alpha value is -1.64. The van der Waals surface area contributed by atoms with Crippen molar-refractivity contribution in [2.45, 2.75) is 51.9 Å². The molecule has 1 aliphatic rings. The lowest BCUT2D eigenvalue weighted by molar-refractivity contribution is -0.312. The van der Waals surface area contributed by atoms with Crippen LogP contribution in [0.2, 0.25) is 0 Å². The molecule has 0 spiro atoms. The van der Waals surface area contributed by atoms with Crippen molar-refractivity contribution >= 4 is 11.8 Å². The molecule has 3 heteroatoms. The maximum absolute atomic E-state index is 12.2. The lowest BCUT2D eigenvalue weighted by Crippen LogP contribution is -2.44. The average Bonchev–Trinajstić information content (AvgIpc) is 2.47. The number of aryl methyl sites for hydroxylation is 1. The molecular weight excluding hydrogens is 264 g/mol. The first kappa shape index (κ1) is 15.7. The SMILES string of the molecule is CCC1(c2cccc(C)c2)CCC(=O)C(C(C)C(=O)[O-])C1. The third kappa shape index (κ3) is 3.02. The van der Waals surface area contributed by atoms with Gasteiger partial charge in [-0.15, -0.1) is 0 Å². The van der Waals surface area contributed by atoms with Crippen molar-refractivity contribution in [1.29, 1.82) is 0 Å². The van der Waals surface area contributed by atoms with Gasteiger partial charge in [-0.3, -0.25) is 4.79 Å². The first-order chi connectivity index (χ1) is 9.89. The van der Waals surface area contributed by atoms with E-state index >= 15 is 0 Å². The second-order valence-corrected chi connectivity index (χ2v) is 6.39. The van der Waals surface area contributed by atoms with Crippen LogP contribution in [0.3, 0.4) is 0 Å². The number of carboxylic acids is 1. The molecule has 0 aromatic heterocycles. The fourth-order valence-corrected chi connectivity index (χ4v) is 3.57. The summed E-state index contributed by atoms with van der Waals surface area (Å²) in [4.78, 5) is 23.3. The maximum atomic E-state index is 12.2. The van der Waals surface area contributed by atoms with E-state index in [2.05, 4.69) is 32.0 Å². The number of rotatable bonds is 4. The van der Waals surface area contributed by atoms with Gasteiger partial charge in [0.2, 0.25) is 0 Å². The van der Waals surface area contributed by atoms with E-state index in [0.29, 0.717) is 12.8 Å². The molecular formula is C18H23O3-. The van der Waals surface area contributed by atoms with Crippen molar-refractivity contribution in [3.8, 4) is 0 Å². The van der Waals surface area contributed by atoms with Crippen LogP contribution in [-0.4, -0.2) is 11.8 Å². The summed E-state index contributed by atoms with van der Waals surface area (Å²) in [5.74, 6) is -2.19. The van der Waals surface area contributed by atoms with Gasteiger partial charge in [-0.1, -0.05) is 43.7 Å². The summed E-state index contributed by atoms with van der Waals surface area (Å²) in [6.45, 7) is 5.78. The Balaban J connectivity index is 2.36. The van der Waals surface area contributed by atoms with Gasteiger partial charge < -0.3 is 9.90 Å². The Morgan fingerprint density at radius 2 is 2.19 bits per heavy atom. The quantitative estimate of drug-likeness (QED) is 0.854. The molecule has 0 saturated heterocycles. The van der Waals surface area contributed by atoms with Gasteiger partial charge in [0.15, 0.2) is 0 Å². The first-order valence-corrected chi connectivity index (χ1v) is 7.70. The number of hydrogen-bond acceptors (Lipinski definition) is 3. The molecule has 0 aliphatic heterocycles. The molecule has 1 aromatic carbocycles. The summed E-state index contributed by atoms with van der Waals surface area (Å²) in [6.07, 6.45) is 2.80. The van der Waals surface area contributed by atoms with Gasteiger partial charge in [-0.25, -0.2) is 0 Å². The summed E-state index contributed by atoms with van der Waals surface area (Å²) in [7, 11) is 0. The number of hydrogen-bond donors (Lipinski definition) is 0. The standard InChI is InChI=1S/C18H24O3/c1-4-18(14-7-5-6-12(2)10-14)9-8-16(19)15(11-18)13(3)17(20)21/h5-7,10,13,15H,4,8-9,11H2,1-3H3,(H,20,21)/p-1. The van der Waals surface area contributed by atoms with Crippen LogP contribution < -0.4 is 5.11 Å². The molecule has 1 aromatic rings. The molecule has 1 aliphatic carbocycles. The molecule has 0 amide bonds. The number of carbonyl (C=O) groups excluding carboxylic acids is 2. The minimum Gasteiger partial charge on any atom is -0.550 e. The highest BCUT2D eigenvalue weighted by Gasteiger charge is 2.42. The number of carboxylic acid groups (broad SMARTS) is 1. The molecule has 3 atom stereocenters. The lowest BCUT2D eigenvalue weighted by Gasteiger charge is -2.42. The van der Waals surface area contributed by atoms with E-state index in [0.717, 1.165) is 12.8 Å². The predicted molar refractivity (Wildman–Crippen MR) is 79.7 cm³/mol. The summed E-state index contributed by atoms with van der Waals surface area (Å²) in [6, 6.07) is 8.37. The Morgan fingerprint density at radius 1 is 1.48 bits per heavy atom. The van der Waals surface area contributed by atoms with Crippen LogP contribution >= 0.6 is 0 Å². The minimum absolute atomic E-state index is 0.0726. The van der Waals surface area contributed by atoms with Crippen molar-refractivity contribution in [3.05, 3.63) is 35.4 Å². The number of aliphatic carboxylic acids is 1. The minimum atomic E-state index is -1.12. The van der Waals surface area contributed by atoms with E-state index in [1.54, 1.807) is 6.92 Å².